The molecule has 0 unspecified atom stereocenters. The van der Waals surface area contributed by atoms with Gasteiger partial charge in [0.2, 0.25) is 5.72 Å². The molecule has 0 aliphatic carbocycles. The molecule has 35 heavy (non-hydrogen) atoms. The topological polar surface area (TPSA) is 58.2 Å². The Kier molecular flexibility index (Phi) is 8.34. The lowest BCUT2D eigenvalue weighted by atomic mass is 10.0. The number of thiocarbonyl (C=S) groups is 1. The average molecular weight is 540 g/mol. The summed E-state index contributed by atoms with van der Waals surface area (Å²) in [5, 5.41) is 3.75. The van der Waals surface area contributed by atoms with Gasteiger partial charge >= 0.3 is 0 Å². The standard InChI is InChI=1S/C26H45NO5SSi2/c1-24(2,3)34(7,8)29-17-20-21(32-35(9,10)25(4,5)6)22-26(31-20,27-23(33)30-22)18-28-16-19-14-12-11-13-15-19/h11-15,20-22H,16-18H2,1-10H3,(H,27,33)/t20-,21+,22-,26+/m0/s1. The number of nitrogens with one attached hydrogen (secondary N) is 1. The second-order valence-electron chi connectivity index (χ2n) is 12.9. The summed E-state index contributed by atoms with van der Waals surface area (Å²) in [5.74, 6) is 0. The van der Waals surface area contributed by atoms with E-state index >= 15 is 0 Å². The Bertz CT molecular complexity index is 884. The Hall–Kier alpha value is -0.816. The van der Waals surface area contributed by atoms with E-state index in [0.717, 1.165) is 5.56 Å². The first kappa shape index (κ1) is 28.8. The monoisotopic (exact) mass is 539 g/mol. The highest BCUT2D eigenvalue weighted by Crippen LogP contribution is 2.45. The fourth-order valence-electron chi connectivity index (χ4n) is 3.78. The van der Waals surface area contributed by atoms with Gasteiger partial charge < -0.3 is 28.4 Å². The van der Waals surface area contributed by atoms with Crippen LogP contribution in [0.25, 0.3) is 0 Å². The van der Waals surface area contributed by atoms with Crippen LogP contribution in [0.2, 0.25) is 36.3 Å². The zero-order valence-corrected chi connectivity index (χ0v) is 26.0. The SMILES string of the molecule is CC(C)(C)[Si](C)(C)OC[C@@H]1O[C@@]2(COCc3ccccc3)NC(=S)O[C@H]2[C@@H]1O[Si](C)(C)C(C)(C)C. The lowest BCUT2D eigenvalue weighted by molar-refractivity contribution is -0.122. The quantitative estimate of drug-likeness (QED) is 0.306. The van der Waals surface area contributed by atoms with Crippen LogP contribution >= 0.6 is 12.2 Å². The molecule has 198 valence electrons. The maximum absolute atomic E-state index is 6.95. The van der Waals surface area contributed by atoms with Gasteiger partial charge in [0.25, 0.3) is 5.17 Å². The molecule has 9 heteroatoms. The Labute approximate surface area is 219 Å². The summed E-state index contributed by atoms with van der Waals surface area (Å²) in [7, 11) is -4.12. The second kappa shape index (κ2) is 10.2. The summed E-state index contributed by atoms with van der Waals surface area (Å²) in [5.41, 5.74) is 0.201. The maximum Gasteiger partial charge on any atom is 0.259 e. The van der Waals surface area contributed by atoms with E-state index in [1.54, 1.807) is 0 Å². The Morgan fingerprint density at radius 2 is 1.57 bits per heavy atom. The molecule has 2 heterocycles. The molecule has 2 saturated heterocycles. The van der Waals surface area contributed by atoms with Gasteiger partial charge in [-0.25, -0.2) is 0 Å². The van der Waals surface area contributed by atoms with Crippen LogP contribution < -0.4 is 5.32 Å². The van der Waals surface area contributed by atoms with Crippen LogP contribution in [0.4, 0.5) is 0 Å². The minimum Gasteiger partial charge on any atom is -0.460 e. The molecule has 0 aromatic heterocycles. The molecule has 0 bridgehead atoms. The molecule has 0 amide bonds. The summed E-state index contributed by atoms with van der Waals surface area (Å²) >= 11 is 5.43. The van der Waals surface area contributed by atoms with Crippen molar-refractivity contribution in [2.24, 2.45) is 0 Å². The molecule has 1 N–H and O–H groups in total. The highest BCUT2D eigenvalue weighted by atomic mass is 32.1. The molecule has 1 aromatic carbocycles. The van der Waals surface area contributed by atoms with Gasteiger partial charge in [0.15, 0.2) is 22.7 Å². The van der Waals surface area contributed by atoms with Gasteiger partial charge in [-0.05, 0) is 54.0 Å². The normalized spacial score (nSPS) is 27.5. The predicted octanol–water partition coefficient (Wildman–Crippen LogP) is 5.98. The average Bonchev–Trinajstić information content (AvgIpc) is 3.17. The maximum atomic E-state index is 6.95. The fraction of sp³-hybridized carbons (Fsp3) is 0.731. The number of hydrogen-bond acceptors (Lipinski definition) is 6. The molecule has 0 saturated carbocycles. The molecule has 3 rings (SSSR count). The summed E-state index contributed by atoms with van der Waals surface area (Å²) in [6.07, 6.45) is -1.01. The number of ether oxygens (including phenoxy) is 3. The number of fused-ring (bicyclic) bond motifs is 1. The van der Waals surface area contributed by atoms with Gasteiger partial charge in [0, 0.05) is 0 Å². The van der Waals surface area contributed by atoms with Crippen molar-refractivity contribution >= 4 is 34.0 Å². The third kappa shape index (κ3) is 6.37. The largest absolute Gasteiger partial charge is 0.460 e. The van der Waals surface area contributed by atoms with E-state index in [0.29, 0.717) is 25.0 Å². The summed E-state index contributed by atoms with van der Waals surface area (Å²) in [6, 6.07) is 10.1. The van der Waals surface area contributed by atoms with E-state index < -0.39 is 28.5 Å². The van der Waals surface area contributed by atoms with Crippen molar-refractivity contribution in [3.05, 3.63) is 35.9 Å². The van der Waals surface area contributed by atoms with E-state index in [9.17, 15) is 0 Å². The molecular weight excluding hydrogens is 495 g/mol. The van der Waals surface area contributed by atoms with Crippen molar-refractivity contribution < 1.29 is 23.1 Å². The summed E-state index contributed by atoms with van der Waals surface area (Å²) in [6.45, 7) is 23.7. The molecule has 0 radical (unpaired) electrons. The summed E-state index contributed by atoms with van der Waals surface area (Å²) < 4.78 is 32.6. The smallest absolute Gasteiger partial charge is 0.259 e. The van der Waals surface area contributed by atoms with E-state index in [4.69, 9.17) is 35.3 Å². The second-order valence-corrected chi connectivity index (χ2v) is 22.8. The summed E-state index contributed by atoms with van der Waals surface area (Å²) in [4.78, 5) is 0. The molecular formula is C26H45NO5SSi2. The minimum absolute atomic E-state index is 0.0411. The molecule has 2 aliphatic heterocycles. The first-order chi connectivity index (χ1) is 16.0. The van der Waals surface area contributed by atoms with E-state index in [1.807, 2.05) is 30.3 Å². The zero-order chi connectivity index (χ0) is 26.3. The Morgan fingerprint density at radius 3 is 2.14 bits per heavy atom. The van der Waals surface area contributed by atoms with Gasteiger partial charge in [0.05, 0.1) is 19.8 Å². The predicted molar refractivity (Wildman–Crippen MR) is 150 cm³/mol. The van der Waals surface area contributed by atoms with Crippen LogP contribution in [-0.2, 0) is 29.7 Å². The first-order valence-electron chi connectivity index (χ1n) is 12.6. The lowest BCUT2D eigenvalue weighted by Gasteiger charge is -2.41. The van der Waals surface area contributed by atoms with Crippen molar-refractivity contribution in [3.63, 3.8) is 0 Å². The molecule has 1 aromatic rings. The minimum atomic E-state index is -2.14. The van der Waals surface area contributed by atoms with Crippen molar-refractivity contribution in [1.29, 1.82) is 0 Å². The van der Waals surface area contributed by atoms with Crippen LogP contribution in [0.3, 0.4) is 0 Å². The number of benzene rings is 1. The van der Waals surface area contributed by atoms with Crippen molar-refractivity contribution in [2.45, 2.75) is 108 Å². The third-order valence-electron chi connectivity index (χ3n) is 8.11. The highest BCUT2D eigenvalue weighted by molar-refractivity contribution is 7.80. The Balaban J connectivity index is 1.84. The third-order valence-corrected chi connectivity index (χ3v) is 17.3. The van der Waals surface area contributed by atoms with Crippen LogP contribution in [0.15, 0.2) is 30.3 Å². The van der Waals surface area contributed by atoms with Crippen LogP contribution in [-0.4, -0.2) is 59.1 Å². The molecule has 6 nitrogen and oxygen atoms in total. The fourth-order valence-corrected chi connectivity index (χ4v) is 6.38. The van der Waals surface area contributed by atoms with Gasteiger partial charge in [0.1, 0.15) is 12.2 Å². The molecule has 4 atom stereocenters. The van der Waals surface area contributed by atoms with E-state index in [-0.39, 0.29) is 22.3 Å². The molecule has 2 fully saturated rings. The van der Waals surface area contributed by atoms with Crippen molar-refractivity contribution in [2.75, 3.05) is 13.2 Å². The van der Waals surface area contributed by atoms with Gasteiger partial charge in [-0.15, -0.1) is 0 Å². The van der Waals surface area contributed by atoms with Gasteiger partial charge in [-0.3, -0.25) is 0 Å². The Morgan fingerprint density at radius 1 is 0.971 bits per heavy atom. The lowest BCUT2D eigenvalue weighted by Crippen LogP contribution is -2.54. The van der Waals surface area contributed by atoms with E-state index in [2.05, 4.69) is 73.0 Å². The number of rotatable bonds is 9. The van der Waals surface area contributed by atoms with Crippen molar-refractivity contribution in [1.82, 2.24) is 5.32 Å². The van der Waals surface area contributed by atoms with Crippen molar-refractivity contribution in [3.8, 4) is 0 Å². The molecule has 0 spiro atoms. The van der Waals surface area contributed by atoms with Gasteiger partial charge in [-0.1, -0.05) is 71.9 Å². The van der Waals surface area contributed by atoms with Crippen LogP contribution in [0, 0.1) is 0 Å². The zero-order valence-electron chi connectivity index (χ0n) is 23.2. The van der Waals surface area contributed by atoms with Crippen LogP contribution in [0.5, 0.6) is 0 Å². The van der Waals surface area contributed by atoms with Gasteiger partial charge in [-0.2, -0.15) is 0 Å². The highest BCUT2D eigenvalue weighted by Gasteiger charge is 2.63. The molecule has 2 aliphatic rings. The van der Waals surface area contributed by atoms with Crippen LogP contribution in [0.1, 0.15) is 47.1 Å². The first-order valence-corrected chi connectivity index (χ1v) is 18.8. The van der Waals surface area contributed by atoms with E-state index in [1.165, 1.54) is 0 Å². The number of hydrogen-bond donors (Lipinski definition) is 1.